The van der Waals surface area contributed by atoms with Crippen molar-refractivity contribution in [3.63, 3.8) is 0 Å². The van der Waals surface area contributed by atoms with E-state index in [4.69, 9.17) is 0 Å². The Morgan fingerprint density at radius 1 is 1.30 bits per heavy atom. The number of hydrogen-bond donors (Lipinski definition) is 2. The second-order valence-electron chi connectivity index (χ2n) is 4.02. The van der Waals surface area contributed by atoms with E-state index in [9.17, 15) is 14.5 Å². The first kappa shape index (κ1) is 13.7. The van der Waals surface area contributed by atoms with Gasteiger partial charge in [-0.1, -0.05) is 6.07 Å². The Morgan fingerprint density at radius 3 is 2.60 bits per heavy atom. The van der Waals surface area contributed by atoms with Crippen LogP contribution >= 0.6 is 0 Å². The fourth-order valence-electron chi connectivity index (χ4n) is 1.63. The van der Waals surface area contributed by atoms with Crippen molar-refractivity contribution < 1.29 is 9.31 Å². The first-order chi connectivity index (χ1) is 9.52. The predicted molar refractivity (Wildman–Crippen MR) is 72.7 cm³/mol. The van der Waals surface area contributed by atoms with Crippen molar-refractivity contribution in [2.45, 2.75) is 6.92 Å². The molecule has 104 valence electrons. The highest BCUT2D eigenvalue weighted by molar-refractivity contribution is 5.73. The number of nitrogens with zero attached hydrogens (tertiary/aromatic N) is 3. The monoisotopic (exact) mass is 277 g/mol. The van der Waals surface area contributed by atoms with Crippen molar-refractivity contribution in [3.05, 3.63) is 46.0 Å². The van der Waals surface area contributed by atoms with Crippen molar-refractivity contribution in [2.75, 3.05) is 17.7 Å². The van der Waals surface area contributed by atoms with E-state index < -0.39 is 10.7 Å². The number of aromatic nitrogens is 2. The Labute approximate surface area is 114 Å². The van der Waals surface area contributed by atoms with Gasteiger partial charge in [0.1, 0.15) is 12.1 Å². The molecule has 0 aliphatic rings. The summed E-state index contributed by atoms with van der Waals surface area (Å²) in [6.45, 7) is 1.63. The number of nitrogens with one attached hydrogen (secondary N) is 2. The molecule has 0 amide bonds. The van der Waals surface area contributed by atoms with Crippen LogP contribution in [0.5, 0.6) is 0 Å². The third-order valence-corrected chi connectivity index (χ3v) is 2.68. The van der Waals surface area contributed by atoms with E-state index in [0.717, 1.165) is 0 Å². The van der Waals surface area contributed by atoms with Crippen LogP contribution < -0.4 is 10.6 Å². The van der Waals surface area contributed by atoms with Crippen molar-refractivity contribution in [3.8, 4) is 0 Å². The number of benzene rings is 1. The Morgan fingerprint density at radius 2 is 2.00 bits per heavy atom. The molecule has 1 aromatic heterocycles. The fourth-order valence-corrected chi connectivity index (χ4v) is 1.63. The van der Waals surface area contributed by atoms with Crippen molar-refractivity contribution in [1.82, 2.24) is 9.97 Å². The number of hydrogen-bond acceptors (Lipinski definition) is 6. The normalized spacial score (nSPS) is 10.2. The Bertz CT molecular complexity index is 662. The molecule has 2 rings (SSSR count). The predicted octanol–water partition coefficient (Wildman–Crippen LogP) is 2.62. The highest BCUT2D eigenvalue weighted by atomic mass is 19.1. The minimum atomic E-state index is -0.598. The van der Waals surface area contributed by atoms with Crippen molar-refractivity contribution in [1.29, 1.82) is 0 Å². The Balaban J connectivity index is 2.42. The molecule has 0 saturated carbocycles. The molecule has 0 bridgehead atoms. The summed E-state index contributed by atoms with van der Waals surface area (Å²) in [6, 6.07) is 4.44. The minimum absolute atomic E-state index is 0.00222. The van der Waals surface area contributed by atoms with Gasteiger partial charge in [-0.3, -0.25) is 10.1 Å². The summed E-state index contributed by atoms with van der Waals surface area (Å²) in [5.41, 5.74) is 0.566. The van der Waals surface area contributed by atoms with E-state index in [1.54, 1.807) is 19.1 Å². The third-order valence-electron chi connectivity index (χ3n) is 2.68. The van der Waals surface area contributed by atoms with Crippen LogP contribution in [-0.2, 0) is 0 Å². The summed E-state index contributed by atoms with van der Waals surface area (Å²) in [5.74, 6) is -0.321. The molecule has 8 heteroatoms. The zero-order valence-corrected chi connectivity index (χ0v) is 10.8. The molecule has 0 aliphatic carbocycles. The zero-order chi connectivity index (χ0) is 14.7. The van der Waals surface area contributed by atoms with E-state index in [2.05, 4.69) is 20.6 Å². The van der Waals surface area contributed by atoms with Gasteiger partial charge in [0, 0.05) is 12.7 Å². The standard InChI is InChI=1S/C12H12FN5O2/c1-7-3-4-8(5-9(7)13)17-12-10(18(19)20)11(14-2)15-6-16-12/h3-6H,1-2H3,(H2,14,15,16,17). The third kappa shape index (κ3) is 2.63. The van der Waals surface area contributed by atoms with Crippen LogP contribution in [0.15, 0.2) is 24.5 Å². The molecule has 7 nitrogen and oxygen atoms in total. The second kappa shape index (κ2) is 5.47. The van der Waals surface area contributed by atoms with Gasteiger partial charge < -0.3 is 10.6 Å². The first-order valence-corrected chi connectivity index (χ1v) is 5.73. The maximum absolute atomic E-state index is 13.5. The Hall–Kier alpha value is -2.77. The largest absolute Gasteiger partial charge is 0.367 e. The van der Waals surface area contributed by atoms with Crippen molar-refractivity contribution in [2.24, 2.45) is 0 Å². The van der Waals surface area contributed by atoms with Crippen LogP contribution in [0, 0.1) is 22.9 Å². The summed E-state index contributed by atoms with van der Waals surface area (Å²) in [4.78, 5) is 18.1. The van der Waals surface area contributed by atoms with Gasteiger partial charge in [-0.15, -0.1) is 0 Å². The number of rotatable bonds is 4. The number of halogens is 1. The molecule has 2 aromatic rings. The van der Waals surface area contributed by atoms with Gasteiger partial charge in [-0.2, -0.15) is 0 Å². The molecule has 0 saturated heterocycles. The lowest BCUT2D eigenvalue weighted by molar-refractivity contribution is -0.383. The lowest BCUT2D eigenvalue weighted by Crippen LogP contribution is -2.05. The molecule has 2 N–H and O–H groups in total. The fraction of sp³-hybridized carbons (Fsp3) is 0.167. The molecule has 0 aliphatic heterocycles. The summed E-state index contributed by atoms with van der Waals surface area (Å²) in [5, 5.41) is 16.4. The van der Waals surface area contributed by atoms with Gasteiger partial charge >= 0.3 is 5.69 Å². The molecule has 0 unspecified atom stereocenters. The van der Waals surface area contributed by atoms with E-state index in [-0.39, 0.29) is 17.3 Å². The average molecular weight is 277 g/mol. The molecule has 1 heterocycles. The number of nitro groups is 1. The summed E-state index contributed by atoms with van der Waals surface area (Å²) in [7, 11) is 1.52. The first-order valence-electron chi connectivity index (χ1n) is 5.73. The van der Waals surface area contributed by atoms with E-state index >= 15 is 0 Å². The lowest BCUT2D eigenvalue weighted by atomic mass is 10.2. The maximum atomic E-state index is 13.5. The van der Waals surface area contributed by atoms with Crippen molar-refractivity contribution >= 4 is 23.0 Å². The summed E-state index contributed by atoms with van der Waals surface area (Å²) >= 11 is 0. The molecule has 0 radical (unpaired) electrons. The van der Waals surface area contributed by atoms with Crippen LogP contribution in [0.4, 0.5) is 27.4 Å². The second-order valence-corrected chi connectivity index (χ2v) is 4.02. The summed E-state index contributed by atoms with van der Waals surface area (Å²) < 4.78 is 13.5. The van der Waals surface area contributed by atoms with Gasteiger partial charge in [0.2, 0.25) is 11.6 Å². The van der Waals surface area contributed by atoms with Crippen LogP contribution in [0.3, 0.4) is 0 Å². The van der Waals surface area contributed by atoms with E-state index in [1.807, 2.05) is 0 Å². The molecular weight excluding hydrogens is 265 g/mol. The molecule has 1 aromatic carbocycles. The average Bonchev–Trinajstić information content (AvgIpc) is 2.42. The van der Waals surface area contributed by atoms with Gasteiger partial charge in [0.05, 0.1) is 4.92 Å². The lowest BCUT2D eigenvalue weighted by Gasteiger charge is -2.08. The van der Waals surface area contributed by atoms with Crippen LogP contribution in [0.2, 0.25) is 0 Å². The highest BCUT2D eigenvalue weighted by Crippen LogP contribution is 2.30. The number of aryl methyl sites for hydroxylation is 1. The van der Waals surface area contributed by atoms with Crippen LogP contribution in [-0.4, -0.2) is 21.9 Å². The van der Waals surface area contributed by atoms with Gasteiger partial charge in [-0.05, 0) is 24.6 Å². The smallest absolute Gasteiger partial charge is 0.353 e. The van der Waals surface area contributed by atoms with Gasteiger partial charge in [0.25, 0.3) is 0 Å². The molecule has 0 spiro atoms. The zero-order valence-electron chi connectivity index (χ0n) is 10.8. The van der Waals surface area contributed by atoms with Crippen LogP contribution in [0.1, 0.15) is 5.56 Å². The van der Waals surface area contributed by atoms with Gasteiger partial charge in [0.15, 0.2) is 0 Å². The molecule has 0 atom stereocenters. The number of anilines is 3. The van der Waals surface area contributed by atoms with E-state index in [1.165, 1.54) is 19.4 Å². The molecular formula is C12H12FN5O2. The topological polar surface area (TPSA) is 93.0 Å². The quantitative estimate of drug-likeness (QED) is 0.659. The highest BCUT2D eigenvalue weighted by Gasteiger charge is 2.22. The molecule has 20 heavy (non-hydrogen) atoms. The van der Waals surface area contributed by atoms with Gasteiger partial charge in [-0.25, -0.2) is 14.4 Å². The maximum Gasteiger partial charge on any atom is 0.353 e. The minimum Gasteiger partial charge on any atom is -0.367 e. The van der Waals surface area contributed by atoms with E-state index in [0.29, 0.717) is 11.3 Å². The Kier molecular flexibility index (Phi) is 3.74. The summed E-state index contributed by atoms with van der Waals surface area (Å²) in [6.07, 6.45) is 1.19. The van der Waals surface area contributed by atoms with Crippen LogP contribution in [0.25, 0.3) is 0 Å². The molecule has 0 fully saturated rings. The SMILES string of the molecule is CNc1ncnc(Nc2ccc(C)c(F)c2)c1[N+](=O)[O-].